The van der Waals surface area contributed by atoms with Gasteiger partial charge in [-0.1, -0.05) is 56.3 Å². The highest BCUT2D eigenvalue weighted by Gasteiger charge is 2.30. The lowest BCUT2D eigenvalue weighted by Gasteiger charge is -2.26. The van der Waals surface area contributed by atoms with Crippen LogP contribution in [0.2, 0.25) is 0 Å². The predicted molar refractivity (Wildman–Crippen MR) is 170 cm³/mol. The van der Waals surface area contributed by atoms with Gasteiger partial charge in [0, 0.05) is 25.8 Å². The van der Waals surface area contributed by atoms with E-state index in [2.05, 4.69) is 21.3 Å². The van der Waals surface area contributed by atoms with Crippen LogP contribution in [-0.2, 0) is 31.3 Å². The lowest BCUT2D eigenvalue weighted by molar-refractivity contribution is -0.132. The Bertz CT molecular complexity index is 1180. The average Bonchev–Trinajstić information content (AvgIpc) is 2.95. The van der Waals surface area contributed by atoms with Crippen LogP contribution in [0.1, 0.15) is 52.2 Å². The number of carbonyl (C=O) groups excluding carboxylic acids is 4. The molecule has 11 heteroatoms. The molecule has 10 nitrogen and oxygen atoms in total. The van der Waals surface area contributed by atoms with E-state index in [0.717, 1.165) is 11.1 Å². The molecule has 0 aliphatic heterocycles. The van der Waals surface area contributed by atoms with Gasteiger partial charge in [-0.25, -0.2) is 4.79 Å². The third kappa shape index (κ3) is 13.4. The summed E-state index contributed by atoms with van der Waals surface area (Å²) in [6.07, 6.45) is -0.0162. The van der Waals surface area contributed by atoms with E-state index in [9.17, 15) is 19.2 Å². The molecule has 0 spiro atoms. The summed E-state index contributed by atoms with van der Waals surface area (Å²) in [5.41, 5.74) is 1.17. The number of alkyl carbamates (subject to hydrolysis) is 1. The van der Waals surface area contributed by atoms with E-state index in [-0.39, 0.29) is 24.8 Å². The second-order valence-corrected chi connectivity index (χ2v) is 12.8. The van der Waals surface area contributed by atoms with Crippen molar-refractivity contribution in [3.05, 3.63) is 65.7 Å². The van der Waals surface area contributed by atoms with Gasteiger partial charge in [-0.3, -0.25) is 14.4 Å². The molecule has 0 aliphatic carbocycles. The Morgan fingerprint density at radius 2 is 1.47 bits per heavy atom. The van der Waals surface area contributed by atoms with Gasteiger partial charge in [0.15, 0.2) is 0 Å². The van der Waals surface area contributed by atoms with Gasteiger partial charge < -0.3 is 30.7 Å². The van der Waals surface area contributed by atoms with Gasteiger partial charge in [-0.15, -0.1) is 11.8 Å². The zero-order valence-corrected chi connectivity index (χ0v) is 27.0. The summed E-state index contributed by atoms with van der Waals surface area (Å²) in [4.78, 5) is 52.2. The molecule has 1 unspecified atom stereocenters. The fourth-order valence-corrected chi connectivity index (χ4v) is 5.12. The number of likely N-dealkylation sites (N-methyl/N-ethyl adjacent to an activating group) is 1. The molecule has 236 valence electrons. The Labute approximate surface area is 259 Å². The van der Waals surface area contributed by atoms with Crippen LogP contribution in [-0.4, -0.2) is 67.5 Å². The number of nitrogens with one attached hydrogen (secondary N) is 4. The monoisotopic (exact) mass is 614 g/mol. The molecule has 43 heavy (non-hydrogen) atoms. The first kappa shape index (κ1) is 35.5. The zero-order chi connectivity index (χ0) is 32.0. The summed E-state index contributed by atoms with van der Waals surface area (Å²) in [6, 6.07) is 15.2. The van der Waals surface area contributed by atoms with Crippen molar-refractivity contribution in [2.75, 3.05) is 20.7 Å². The highest BCUT2D eigenvalue weighted by molar-refractivity contribution is 7.99. The van der Waals surface area contributed by atoms with E-state index in [1.807, 2.05) is 56.3 Å². The number of methoxy groups -OCH3 is 1. The maximum atomic E-state index is 13.6. The molecule has 2 aromatic rings. The Kier molecular flexibility index (Phi) is 14.4. The highest BCUT2D eigenvalue weighted by Crippen LogP contribution is 2.19. The summed E-state index contributed by atoms with van der Waals surface area (Å²) in [5.74, 6) is 0.0738. The summed E-state index contributed by atoms with van der Waals surface area (Å²) in [7, 11) is 3.08. The number of amides is 4. The van der Waals surface area contributed by atoms with Crippen molar-refractivity contribution in [2.45, 2.75) is 76.1 Å². The quantitative estimate of drug-likeness (QED) is 0.240. The van der Waals surface area contributed by atoms with E-state index in [4.69, 9.17) is 9.47 Å². The molecule has 0 saturated heterocycles. The fourth-order valence-electron chi connectivity index (χ4n) is 4.11. The van der Waals surface area contributed by atoms with Gasteiger partial charge in [0.1, 0.15) is 28.7 Å². The Morgan fingerprint density at radius 3 is 2.02 bits per heavy atom. The molecule has 0 fully saturated rings. The van der Waals surface area contributed by atoms with E-state index in [0.29, 0.717) is 17.9 Å². The number of benzene rings is 2. The summed E-state index contributed by atoms with van der Waals surface area (Å²) >= 11 is 1.35. The number of thioether (sulfide) groups is 1. The first-order valence-electron chi connectivity index (χ1n) is 14.4. The predicted octanol–water partition coefficient (Wildman–Crippen LogP) is 3.83. The van der Waals surface area contributed by atoms with Crippen molar-refractivity contribution in [3.63, 3.8) is 0 Å². The number of rotatable bonds is 15. The number of carbonyl (C=O) groups is 4. The standard InChI is InChI=1S/C32H46N4O6S/c1-21(2)17-25(29(38)35-26(28(37)33-6)18-22-13-15-24(41-7)16-14-22)36-30(39)27(19-34-31(40)42-32(3,4)5)43-20-23-11-9-8-10-12-23/h8-16,21,25-27H,17-20H2,1-7H3,(H,33,37)(H,34,40)(H,35,38)(H,36,39)/t25-,26-,27?/m0/s1. The summed E-state index contributed by atoms with van der Waals surface area (Å²) in [5, 5.41) is 10.3. The molecule has 4 amide bonds. The third-order valence-corrected chi connectivity index (χ3v) is 7.52. The molecule has 2 rings (SSSR count). The molecule has 0 saturated carbocycles. The van der Waals surface area contributed by atoms with Gasteiger partial charge in [-0.2, -0.15) is 0 Å². The smallest absolute Gasteiger partial charge is 0.407 e. The van der Waals surface area contributed by atoms with Gasteiger partial charge >= 0.3 is 6.09 Å². The first-order valence-corrected chi connectivity index (χ1v) is 15.4. The van der Waals surface area contributed by atoms with Gasteiger partial charge in [0.2, 0.25) is 17.7 Å². The van der Waals surface area contributed by atoms with Crippen LogP contribution < -0.4 is 26.0 Å². The van der Waals surface area contributed by atoms with Crippen molar-refractivity contribution in [1.82, 2.24) is 21.3 Å². The molecule has 4 N–H and O–H groups in total. The van der Waals surface area contributed by atoms with Crippen LogP contribution >= 0.6 is 11.8 Å². The average molecular weight is 615 g/mol. The third-order valence-electron chi connectivity index (χ3n) is 6.24. The Balaban J connectivity index is 2.19. The van der Waals surface area contributed by atoms with Crippen molar-refractivity contribution in [3.8, 4) is 5.75 Å². The largest absolute Gasteiger partial charge is 0.497 e. The number of hydrogen-bond acceptors (Lipinski definition) is 7. The van der Waals surface area contributed by atoms with Crippen LogP contribution in [0.3, 0.4) is 0 Å². The minimum absolute atomic E-state index is 0.00655. The molecule has 0 aliphatic rings. The lowest BCUT2D eigenvalue weighted by Crippen LogP contribution is -2.56. The lowest BCUT2D eigenvalue weighted by atomic mass is 10.0. The maximum absolute atomic E-state index is 13.6. The highest BCUT2D eigenvalue weighted by atomic mass is 32.2. The van der Waals surface area contributed by atoms with E-state index in [1.54, 1.807) is 40.0 Å². The molecule has 3 atom stereocenters. The molecule has 0 aromatic heterocycles. The Hall–Kier alpha value is -3.73. The minimum Gasteiger partial charge on any atom is -0.497 e. The van der Waals surface area contributed by atoms with Crippen LogP contribution in [0, 0.1) is 5.92 Å². The SMILES string of the molecule is CNC(=O)[C@H](Cc1ccc(OC)cc1)NC(=O)[C@H](CC(C)C)NC(=O)C(CNC(=O)OC(C)(C)C)SCc1ccccc1. The van der Waals surface area contributed by atoms with Crippen LogP contribution in [0.4, 0.5) is 4.79 Å². The maximum Gasteiger partial charge on any atom is 0.407 e. The Morgan fingerprint density at radius 1 is 0.837 bits per heavy atom. The van der Waals surface area contributed by atoms with Crippen molar-refractivity contribution in [1.29, 1.82) is 0 Å². The molecular formula is C32H46N4O6S. The minimum atomic E-state index is -0.892. The van der Waals surface area contributed by atoms with Crippen LogP contribution in [0.25, 0.3) is 0 Å². The second kappa shape index (κ2) is 17.4. The zero-order valence-electron chi connectivity index (χ0n) is 26.2. The molecule has 0 radical (unpaired) electrons. The van der Waals surface area contributed by atoms with Gasteiger partial charge in [-0.05, 0) is 56.4 Å². The second-order valence-electron chi connectivity index (χ2n) is 11.6. The summed E-state index contributed by atoms with van der Waals surface area (Å²) in [6.45, 7) is 9.19. The molecule has 2 aromatic carbocycles. The summed E-state index contributed by atoms with van der Waals surface area (Å²) < 4.78 is 10.5. The molecule has 0 heterocycles. The molecular weight excluding hydrogens is 568 g/mol. The fraction of sp³-hybridized carbons (Fsp3) is 0.500. The number of ether oxygens (including phenoxy) is 2. The first-order chi connectivity index (χ1) is 20.3. The van der Waals surface area contributed by atoms with Crippen LogP contribution in [0.5, 0.6) is 5.75 Å². The van der Waals surface area contributed by atoms with E-state index >= 15 is 0 Å². The van der Waals surface area contributed by atoms with Crippen molar-refractivity contribution >= 4 is 35.6 Å². The van der Waals surface area contributed by atoms with Crippen LogP contribution in [0.15, 0.2) is 54.6 Å². The van der Waals surface area contributed by atoms with Gasteiger partial charge in [0.05, 0.1) is 7.11 Å². The van der Waals surface area contributed by atoms with Crippen molar-refractivity contribution in [2.24, 2.45) is 5.92 Å². The van der Waals surface area contributed by atoms with E-state index in [1.165, 1.54) is 18.8 Å². The normalized spacial score (nSPS) is 13.3. The van der Waals surface area contributed by atoms with Crippen molar-refractivity contribution < 1.29 is 28.7 Å². The van der Waals surface area contributed by atoms with E-state index < -0.39 is 40.8 Å². The topological polar surface area (TPSA) is 135 Å². The number of hydrogen-bond donors (Lipinski definition) is 4. The van der Waals surface area contributed by atoms with Gasteiger partial charge in [0.25, 0.3) is 0 Å². The molecule has 0 bridgehead atoms.